The van der Waals surface area contributed by atoms with E-state index in [2.05, 4.69) is 142 Å². The average Bonchev–Trinajstić information content (AvgIpc) is 3.34. The van der Waals surface area contributed by atoms with Crippen molar-refractivity contribution in [3.63, 3.8) is 0 Å². The molecule has 0 aromatic heterocycles. The summed E-state index contributed by atoms with van der Waals surface area (Å²) < 4.78 is 16.6. The van der Waals surface area contributed by atoms with Gasteiger partial charge in [-0.3, -0.25) is 14.4 Å². The molecule has 0 N–H and O–H groups in total. The summed E-state index contributed by atoms with van der Waals surface area (Å²) >= 11 is 0. The zero-order valence-electron chi connectivity index (χ0n) is 43.6. The van der Waals surface area contributed by atoms with E-state index in [9.17, 15) is 14.4 Å². The molecule has 0 aliphatic heterocycles. The molecule has 1 unspecified atom stereocenters. The second-order valence-corrected chi connectivity index (χ2v) is 17.4. The molecule has 0 rings (SSSR count). The Morgan fingerprint density at radius 2 is 0.603 bits per heavy atom. The fraction of sp³-hybridized carbons (Fsp3) is 0.597. The van der Waals surface area contributed by atoms with Gasteiger partial charge in [0, 0.05) is 19.3 Å². The minimum atomic E-state index is -0.822. The van der Waals surface area contributed by atoms with Crippen LogP contribution in [0.3, 0.4) is 0 Å². The Balaban J connectivity index is 4.30. The van der Waals surface area contributed by atoms with Gasteiger partial charge >= 0.3 is 17.9 Å². The first-order chi connectivity index (χ1) is 33.5. The van der Waals surface area contributed by atoms with Crippen molar-refractivity contribution in [1.29, 1.82) is 0 Å². The standard InChI is InChI=1S/C62H98O6/c1-4-7-10-13-16-18-20-22-24-26-28-29-30-31-32-33-35-36-38-40-42-44-46-49-52-55-61(64)67-58-59(57-66-60(63)54-51-48-15-12-9-6-3)68-62(65)56-53-50-47-45-43-41-39-37-34-27-25-23-21-19-17-14-11-8-5-2/h7-8,10-11,16-19,22-25,28-29,31-32,34,37,41,43,47,50,59H,4-6,9,12-15,20-21,26-27,30,33,35-36,38-40,42,44-46,48-49,51-58H2,1-3H3/b10-7-,11-8-,18-16-,19-17-,24-22-,25-23-,29-28-,32-31-,37-34-,43-41-,50-47-. The number of carbonyl (C=O) groups is 3. The van der Waals surface area contributed by atoms with Crippen LogP contribution in [0.5, 0.6) is 0 Å². The van der Waals surface area contributed by atoms with Crippen LogP contribution in [0.15, 0.2) is 134 Å². The molecule has 68 heavy (non-hydrogen) atoms. The minimum Gasteiger partial charge on any atom is -0.462 e. The highest BCUT2D eigenvalue weighted by Gasteiger charge is 2.19. The molecule has 0 aromatic carbocycles. The molecular formula is C62H98O6. The van der Waals surface area contributed by atoms with Gasteiger partial charge < -0.3 is 14.2 Å². The van der Waals surface area contributed by atoms with Crippen molar-refractivity contribution in [2.24, 2.45) is 0 Å². The summed E-state index contributed by atoms with van der Waals surface area (Å²) in [6.45, 7) is 6.26. The lowest BCUT2D eigenvalue weighted by Crippen LogP contribution is -2.30. The van der Waals surface area contributed by atoms with Gasteiger partial charge in [-0.25, -0.2) is 0 Å². The van der Waals surface area contributed by atoms with Crippen molar-refractivity contribution in [3.8, 4) is 0 Å². The van der Waals surface area contributed by atoms with Crippen LogP contribution in [-0.4, -0.2) is 37.2 Å². The molecule has 382 valence electrons. The average molecular weight is 939 g/mol. The highest BCUT2D eigenvalue weighted by molar-refractivity contribution is 5.71. The first-order valence-electron chi connectivity index (χ1n) is 27.2. The predicted octanol–water partition coefficient (Wildman–Crippen LogP) is 18.3. The number of hydrogen-bond donors (Lipinski definition) is 0. The summed E-state index contributed by atoms with van der Waals surface area (Å²) in [4.78, 5) is 37.8. The summed E-state index contributed by atoms with van der Waals surface area (Å²) in [5.41, 5.74) is 0. The Labute approximate surface area is 417 Å². The molecule has 6 nitrogen and oxygen atoms in total. The van der Waals surface area contributed by atoms with E-state index in [1.165, 1.54) is 57.8 Å². The SMILES string of the molecule is CC/C=C\C/C=C\C/C=C\C/C=C\C/C=C\C/C=C\CCC(=O)OC(COC(=O)CCCCCCCC)COC(=O)CCCCCCCCCCC/C=C\C/C=C\C/C=C\C/C=C\C/C=C\CC. The van der Waals surface area contributed by atoms with E-state index >= 15 is 0 Å². The van der Waals surface area contributed by atoms with E-state index in [1.807, 2.05) is 12.2 Å². The van der Waals surface area contributed by atoms with Crippen LogP contribution < -0.4 is 0 Å². The lowest BCUT2D eigenvalue weighted by molar-refractivity contribution is -0.166. The number of unbranched alkanes of at least 4 members (excludes halogenated alkanes) is 14. The van der Waals surface area contributed by atoms with Gasteiger partial charge in [0.15, 0.2) is 6.10 Å². The summed E-state index contributed by atoms with van der Waals surface area (Å²) in [5, 5.41) is 0. The van der Waals surface area contributed by atoms with Gasteiger partial charge in [0.2, 0.25) is 0 Å². The maximum atomic E-state index is 12.7. The minimum absolute atomic E-state index is 0.114. The number of allylic oxidation sites excluding steroid dienone is 22. The van der Waals surface area contributed by atoms with Crippen LogP contribution in [-0.2, 0) is 28.6 Å². The van der Waals surface area contributed by atoms with Crippen molar-refractivity contribution in [1.82, 2.24) is 0 Å². The molecule has 0 radical (unpaired) electrons. The maximum Gasteiger partial charge on any atom is 0.306 e. The molecule has 0 saturated heterocycles. The molecule has 0 fully saturated rings. The van der Waals surface area contributed by atoms with E-state index in [0.717, 1.165) is 116 Å². The number of ether oxygens (including phenoxy) is 3. The Kier molecular flexibility index (Phi) is 51.5. The monoisotopic (exact) mass is 939 g/mol. The van der Waals surface area contributed by atoms with E-state index < -0.39 is 12.1 Å². The second kappa shape index (κ2) is 55.1. The zero-order valence-corrected chi connectivity index (χ0v) is 43.6. The molecule has 0 heterocycles. The van der Waals surface area contributed by atoms with Gasteiger partial charge in [-0.1, -0.05) is 231 Å². The van der Waals surface area contributed by atoms with Gasteiger partial charge in [-0.15, -0.1) is 0 Å². The van der Waals surface area contributed by atoms with Crippen molar-refractivity contribution in [3.05, 3.63) is 134 Å². The Bertz CT molecular complexity index is 1500. The first-order valence-corrected chi connectivity index (χ1v) is 27.2. The topological polar surface area (TPSA) is 78.9 Å². The Morgan fingerprint density at radius 1 is 0.309 bits per heavy atom. The van der Waals surface area contributed by atoms with Gasteiger partial charge in [0.05, 0.1) is 0 Å². The van der Waals surface area contributed by atoms with Crippen molar-refractivity contribution < 1.29 is 28.6 Å². The van der Waals surface area contributed by atoms with Crippen LogP contribution >= 0.6 is 0 Å². The van der Waals surface area contributed by atoms with Crippen LogP contribution in [0.1, 0.15) is 220 Å². The van der Waals surface area contributed by atoms with E-state index in [4.69, 9.17) is 14.2 Å². The third kappa shape index (κ3) is 52.5. The van der Waals surface area contributed by atoms with Crippen LogP contribution in [0.2, 0.25) is 0 Å². The van der Waals surface area contributed by atoms with E-state index in [0.29, 0.717) is 19.3 Å². The Hall–Kier alpha value is -4.45. The normalized spacial score (nSPS) is 13.2. The number of carbonyl (C=O) groups excluding carboxylic acids is 3. The van der Waals surface area contributed by atoms with Crippen LogP contribution in [0.4, 0.5) is 0 Å². The van der Waals surface area contributed by atoms with E-state index in [-0.39, 0.29) is 31.6 Å². The molecule has 0 spiro atoms. The fourth-order valence-electron chi connectivity index (χ4n) is 6.91. The molecule has 6 heteroatoms. The number of hydrogen-bond acceptors (Lipinski definition) is 6. The number of esters is 3. The summed E-state index contributed by atoms with van der Waals surface area (Å²) in [6.07, 6.45) is 77.7. The van der Waals surface area contributed by atoms with Crippen LogP contribution in [0.25, 0.3) is 0 Å². The molecule has 0 amide bonds. The number of rotatable bonds is 47. The molecule has 0 aliphatic rings. The summed E-state index contributed by atoms with van der Waals surface area (Å²) in [5.74, 6) is -1.02. The molecule has 1 atom stereocenters. The summed E-state index contributed by atoms with van der Waals surface area (Å²) in [6, 6.07) is 0. The molecule has 0 bridgehead atoms. The van der Waals surface area contributed by atoms with Crippen molar-refractivity contribution in [2.45, 2.75) is 226 Å². The van der Waals surface area contributed by atoms with E-state index in [1.54, 1.807) is 0 Å². The van der Waals surface area contributed by atoms with Gasteiger partial charge in [-0.05, 0) is 103 Å². The largest absolute Gasteiger partial charge is 0.462 e. The van der Waals surface area contributed by atoms with Crippen LogP contribution in [0, 0.1) is 0 Å². The van der Waals surface area contributed by atoms with Crippen molar-refractivity contribution >= 4 is 17.9 Å². The molecule has 0 aromatic rings. The third-order valence-electron chi connectivity index (χ3n) is 10.9. The molecule has 0 saturated carbocycles. The summed E-state index contributed by atoms with van der Waals surface area (Å²) in [7, 11) is 0. The lowest BCUT2D eigenvalue weighted by Gasteiger charge is -2.18. The van der Waals surface area contributed by atoms with Gasteiger partial charge in [0.25, 0.3) is 0 Å². The highest BCUT2D eigenvalue weighted by Crippen LogP contribution is 2.13. The predicted molar refractivity (Wildman–Crippen MR) is 292 cm³/mol. The Morgan fingerprint density at radius 3 is 0.956 bits per heavy atom. The smallest absolute Gasteiger partial charge is 0.306 e. The fourth-order valence-corrected chi connectivity index (χ4v) is 6.91. The van der Waals surface area contributed by atoms with Gasteiger partial charge in [0.1, 0.15) is 13.2 Å². The zero-order chi connectivity index (χ0) is 49.3. The second-order valence-electron chi connectivity index (χ2n) is 17.4. The lowest BCUT2D eigenvalue weighted by atomic mass is 10.1. The first kappa shape index (κ1) is 63.5. The molecular weight excluding hydrogens is 841 g/mol. The quantitative estimate of drug-likeness (QED) is 0.0262. The third-order valence-corrected chi connectivity index (χ3v) is 10.9. The van der Waals surface area contributed by atoms with Crippen molar-refractivity contribution in [2.75, 3.05) is 13.2 Å². The molecule has 0 aliphatic carbocycles. The van der Waals surface area contributed by atoms with Gasteiger partial charge in [-0.2, -0.15) is 0 Å². The maximum absolute atomic E-state index is 12.7. The highest BCUT2D eigenvalue weighted by atomic mass is 16.6.